The zero-order valence-electron chi connectivity index (χ0n) is 11.5. The van der Waals surface area contributed by atoms with Crippen LogP contribution >= 0.6 is 0 Å². The van der Waals surface area contributed by atoms with Gasteiger partial charge in [0.1, 0.15) is 5.58 Å². The molecular formula is C17H18N2O. The zero-order valence-corrected chi connectivity index (χ0v) is 11.5. The third kappa shape index (κ3) is 2.48. The molecular weight excluding hydrogens is 248 g/mol. The van der Waals surface area contributed by atoms with E-state index in [2.05, 4.69) is 17.4 Å². The lowest BCUT2D eigenvalue weighted by Crippen LogP contribution is -2.06. The van der Waals surface area contributed by atoms with E-state index in [-0.39, 0.29) is 0 Å². The molecule has 3 N–H and O–H groups in total. The fourth-order valence-corrected chi connectivity index (χ4v) is 2.40. The Bertz CT molecular complexity index is 731. The highest BCUT2D eigenvalue weighted by molar-refractivity contribution is 5.80. The molecule has 0 aliphatic heterocycles. The molecule has 0 bridgehead atoms. The molecule has 102 valence electrons. The van der Waals surface area contributed by atoms with Crippen LogP contribution in [0.2, 0.25) is 0 Å². The van der Waals surface area contributed by atoms with E-state index in [1.807, 2.05) is 43.5 Å². The summed E-state index contributed by atoms with van der Waals surface area (Å²) in [6.07, 6.45) is 2.75. The molecule has 0 saturated heterocycles. The van der Waals surface area contributed by atoms with Gasteiger partial charge in [0.25, 0.3) is 0 Å². The average molecular weight is 266 g/mol. The lowest BCUT2D eigenvalue weighted by atomic mass is 10.1. The standard InChI is InChI=1S/C17H18N2O/c1-12-6-7-16(15(18)10-12)19-9-8-13-11-20-17-5-3-2-4-14(13)17/h2-7,10-11,19H,8-9,18H2,1H3. The van der Waals surface area contributed by atoms with E-state index >= 15 is 0 Å². The number of para-hydroxylation sites is 1. The summed E-state index contributed by atoms with van der Waals surface area (Å²) in [7, 11) is 0. The molecule has 3 nitrogen and oxygen atoms in total. The Labute approximate surface area is 118 Å². The predicted molar refractivity (Wildman–Crippen MR) is 84.0 cm³/mol. The van der Waals surface area contributed by atoms with Crippen LogP contribution < -0.4 is 11.1 Å². The fourth-order valence-electron chi connectivity index (χ4n) is 2.40. The third-order valence-electron chi connectivity index (χ3n) is 3.48. The predicted octanol–water partition coefficient (Wildman–Crippen LogP) is 3.98. The Hall–Kier alpha value is -2.42. The monoisotopic (exact) mass is 266 g/mol. The molecule has 1 aromatic heterocycles. The lowest BCUT2D eigenvalue weighted by molar-refractivity contribution is 0.610. The first-order valence-electron chi connectivity index (χ1n) is 6.79. The number of nitrogen functional groups attached to an aromatic ring is 1. The van der Waals surface area contributed by atoms with Crippen LogP contribution in [0, 0.1) is 6.92 Å². The van der Waals surface area contributed by atoms with Gasteiger partial charge in [-0.15, -0.1) is 0 Å². The van der Waals surface area contributed by atoms with Crippen LogP contribution in [0.1, 0.15) is 11.1 Å². The van der Waals surface area contributed by atoms with E-state index in [0.717, 1.165) is 29.9 Å². The number of hydrogen-bond donors (Lipinski definition) is 2. The van der Waals surface area contributed by atoms with Crippen molar-refractivity contribution in [3.63, 3.8) is 0 Å². The SMILES string of the molecule is Cc1ccc(NCCc2coc3ccccc23)c(N)c1. The highest BCUT2D eigenvalue weighted by Gasteiger charge is 2.05. The van der Waals surface area contributed by atoms with Crippen LogP contribution in [0.5, 0.6) is 0 Å². The molecule has 3 rings (SSSR count). The first kappa shape index (κ1) is 12.6. The minimum Gasteiger partial charge on any atom is -0.464 e. The number of furan rings is 1. The number of anilines is 2. The second-order valence-corrected chi connectivity index (χ2v) is 5.02. The number of hydrogen-bond acceptors (Lipinski definition) is 3. The smallest absolute Gasteiger partial charge is 0.134 e. The van der Waals surface area contributed by atoms with Crippen LogP contribution in [0.15, 0.2) is 53.1 Å². The van der Waals surface area contributed by atoms with Crippen LogP contribution in [0.3, 0.4) is 0 Å². The second-order valence-electron chi connectivity index (χ2n) is 5.02. The second kappa shape index (κ2) is 5.29. The Morgan fingerprint density at radius 2 is 2.00 bits per heavy atom. The number of fused-ring (bicyclic) bond motifs is 1. The number of nitrogens with one attached hydrogen (secondary N) is 1. The molecule has 2 aromatic carbocycles. The molecule has 0 aliphatic rings. The number of rotatable bonds is 4. The van der Waals surface area contributed by atoms with E-state index in [0.29, 0.717) is 0 Å². The van der Waals surface area contributed by atoms with E-state index in [9.17, 15) is 0 Å². The minimum absolute atomic E-state index is 0.794. The Morgan fingerprint density at radius 3 is 2.85 bits per heavy atom. The molecule has 0 fully saturated rings. The van der Waals surface area contributed by atoms with Crippen molar-refractivity contribution >= 4 is 22.3 Å². The van der Waals surface area contributed by atoms with Crippen molar-refractivity contribution in [2.24, 2.45) is 0 Å². The van der Waals surface area contributed by atoms with Crippen molar-refractivity contribution < 1.29 is 4.42 Å². The Morgan fingerprint density at radius 1 is 1.15 bits per heavy atom. The fraction of sp³-hybridized carbons (Fsp3) is 0.176. The maximum atomic E-state index is 5.99. The van der Waals surface area contributed by atoms with Crippen molar-refractivity contribution in [3.05, 3.63) is 59.9 Å². The first-order chi connectivity index (χ1) is 9.74. The summed E-state index contributed by atoms with van der Waals surface area (Å²) in [6.45, 7) is 2.87. The van der Waals surface area contributed by atoms with Crippen molar-refractivity contribution in [1.82, 2.24) is 0 Å². The molecule has 0 saturated carbocycles. The molecule has 0 spiro atoms. The zero-order chi connectivity index (χ0) is 13.9. The minimum atomic E-state index is 0.794. The summed E-state index contributed by atoms with van der Waals surface area (Å²) in [5, 5.41) is 4.56. The maximum absolute atomic E-state index is 5.99. The van der Waals surface area contributed by atoms with Gasteiger partial charge in [0.2, 0.25) is 0 Å². The molecule has 0 radical (unpaired) electrons. The van der Waals surface area contributed by atoms with Gasteiger partial charge in [0, 0.05) is 11.9 Å². The Kier molecular flexibility index (Phi) is 3.33. The maximum Gasteiger partial charge on any atom is 0.134 e. The van der Waals surface area contributed by atoms with Crippen molar-refractivity contribution in [3.8, 4) is 0 Å². The molecule has 0 atom stereocenters. The molecule has 0 aliphatic carbocycles. The van der Waals surface area contributed by atoms with Crippen LogP contribution in [0.4, 0.5) is 11.4 Å². The van der Waals surface area contributed by atoms with Crippen LogP contribution in [0.25, 0.3) is 11.0 Å². The molecule has 3 heteroatoms. The lowest BCUT2D eigenvalue weighted by Gasteiger charge is -2.09. The number of aryl methyl sites for hydroxylation is 1. The first-order valence-corrected chi connectivity index (χ1v) is 6.79. The van der Waals surface area contributed by atoms with E-state index < -0.39 is 0 Å². The summed E-state index contributed by atoms with van der Waals surface area (Å²) in [5.74, 6) is 0. The average Bonchev–Trinajstić information content (AvgIpc) is 2.85. The van der Waals surface area contributed by atoms with Gasteiger partial charge in [-0.2, -0.15) is 0 Å². The van der Waals surface area contributed by atoms with Gasteiger partial charge >= 0.3 is 0 Å². The normalized spacial score (nSPS) is 10.8. The number of nitrogens with two attached hydrogens (primary N) is 1. The van der Waals surface area contributed by atoms with Gasteiger partial charge in [-0.25, -0.2) is 0 Å². The Balaban J connectivity index is 1.68. The summed E-state index contributed by atoms with van der Waals surface area (Å²) >= 11 is 0. The van der Waals surface area contributed by atoms with Gasteiger partial charge in [0.15, 0.2) is 0 Å². The van der Waals surface area contributed by atoms with Crippen LogP contribution in [-0.4, -0.2) is 6.54 Å². The summed E-state index contributed by atoms with van der Waals surface area (Å²) < 4.78 is 5.54. The van der Waals surface area contributed by atoms with Gasteiger partial charge in [0.05, 0.1) is 17.6 Å². The summed E-state index contributed by atoms with van der Waals surface area (Å²) in [4.78, 5) is 0. The molecule has 3 aromatic rings. The quantitative estimate of drug-likeness (QED) is 0.702. The van der Waals surface area contributed by atoms with Crippen molar-refractivity contribution in [1.29, 1.82) is 0 Å². The van der Waals surface area contributed by atoms with Crippen molar-refractivity contribution in [2.45, 2.75) is 13.3 Å². The topological polar surface area (TPSA) is 51.2 Å². The van der Waals surface area contributed by atoms with Gasteiger partial charge in [-0.3, -0.25) is 0 Å². The third-order valence-corrected chi connectivity index (χ3v) is 3.48. The van der Waals surface area contributed by atoms with E-state index in [4.69, 9.17) is 10.2 Å². The molecule has 0 unspecified atom stereocenters. The highest BCUT2D eigenvalue weighted by atomic mass is 16.3. The van der Waals surface area contributed by atoms with E-state index in [1.165, 1.54) is 16.5 Å². The highest BCUT2D eigenvalue weighted by Crippen LogP contribution is 2.22. The molecule has 1 heterocycles. The number of benzene rings is 2. The molecule has 0 amide bonds. The summed E-state index contributed by atoms with van der Waals surface area (Å²) in [6, 6.07) is 14.2. The molecule has 20 heavy (non-hydrogen) atoms. The largest absolute Gasteiger partial charge is 0.464 e. The van der Waals surface area contributed by atoms with Gasteiger partial charge in [-0.05, 0) is 42.7 Å². The van der Waals surface area contributed by atoms with Gasteiger partial charge < -0.3 is 15.5 Å². The van der Waals surface area contributed by atoms with Gasteiger partial charge in [-0.1, -0.05) is 24.3 Å². The van der Waals surface area contributed by atoms with Crippen LogP contribution in [-0.2, 0) is 6.42 Å². The summed E-state index contributed by atoms with van der Waals surface area (Å²) in [5.41, 5.74) is 11.1. The van der Waals surface area contributed by atoms with Crippen molar-refractivity contribution in [2.75, 3.05) is 17.6 Å². The van der Waals surface area contributed by atoms with E-state index in [1.54, 1.807) is 0 Å².